The second kappa shape index (κ2) is 9.26. The summed E-state index contributed by atoms with van der Waals surface area (Å²) in [5.41, 5.74) is 2.22. The van der Waals surface area contributed by atoms with E-state index in [1.165, 1.54) is 12.1 Å². The third-order valence-electron chi connectivity index (χ3n) is 5.55. The van der Waals surface area contributed by atoms with Crippen molar-refractivity contribution in [2.75, 3.05) is 31.1 Å². The highest BCUT2D eigenvalue weighted by Gasteiger charge is 2.27. The molecule has 1 atom stereocenters. The van der Waals surface area contributed by atoms with Crippen LogP contribution in [0.1, 0.15) is 35.2 Å². The number of urea groups is 1. The first-order valence-electron chi connectivity index (χ1n) is 10.4. The van der Waals surface area contributed by atoms with Gasteiger partial charge in [-0.2, -0.15) is 0 Å². The van der Waals surface area contributed by atoms with Crippen LogP contribution in [0.3, 0.4) is 0 Å². The summed E-state index contributed by atoms with van der Waals surface area (Å²) in [4.78, 5) is 28.8. The maximum atomic E-state index is 13.1. The van der Waals surface area contributed by atoms with Gasteiger partial charge < -0.3 is 15.0 Å². The lowest BCUT2D eigenvalue weighted by Crippen LogP contribution is -2.49. The molecule has 2 aliphatic rings. The van der Waals surface area contributed by atoms with Gasteiger partial charge in [-0.05, 0) is 61.2 Å². The predicted octanol–water partition coefficient (Wildman–Crippen LogP) is 3.57. The lowest BCUT2D eigenvalue weighted by molar-refractivity contribution is 0.0858. The summed E-state index contributed by atoms with van der Waals surface area (Å²) in [7, 11) is 0. The van der Waals surface area contributed by atoms with Gasteiger partial charge in [0.15, 0.2) is 0 Å². The Morgan fingerprint density at radius 3 is 2.53 bits per heavy atom. The third-order valence-corrected chi connectivity index (χ3v) is 5.55. The molecular weight excluding hydrogens is 385 g/mol. The normalized spacial score (nSPS) is 19.2. The van der Waals surface area contributed by atoms with Crippen molar-refractivity contribution < 1.29 is 18.7 Å². The second-order valence-electron chi connectivity index (χ2n) is 7.73. The molecule has 3 amide bonds. The molecule has 1 unspecified atom stereocenters. The Balaban J connectivity index is 1.37. The number of ether oxygens (including phenoxy) is 1. The van der Waals surface area contributed by atoms with E-state index in [1.807, 2.05) is 0 Å². The number of nitrogens with zero attached hydrogens (tertiary/aromatic N) is 2. The molecule has 0 bridgehead atoms. The minimum atomic E-state index is -0.287. The van der Waals surface area contributed by atoms with Crippen LogP contribution in [0, 0.1) is 5.82 Å². The highest BCUT2D eigenvalue weighted by molar-refractivity contribution is 5.96. The quantitative estimate of drug-likeness (QED) is 0.791. The molecule has 4 rings (SSSR count). The van der Waals surface area contributed by atoms with Crippen LogP contribution in [-0.4, -0.2) is 49.2 Å². The maximum Gasteiger partial charge on any atom is 0.324 e. The van der Waals surface area contributed by atoms with Crippen molar-refractivity contribution in [3.05, 3.63) is 65.5 Å². The van der Waals surface area contributed by atoms with Gasteiger partial charge in [-0.1, -0.05) is 12.1 Å². The molecule has 0 aromatic heterocycles. The Hall–Kier alpha value is -2.93. The van der Waals surface area contributed by atoms with E-state index in [0.29, 0.717) is 31.7 Å². The zero-order chi connectivity index (χ0) is 20.9. The highest BCUT2D eigenvalue weighted by atomic mass is 19.1. The summed E-state index contributed by atoms with van der Waals surface area (Å²) in [6, 6.07) is 13.2. The van der Waals surface area contributed by atoms with Gasteiger partial charge in [0, 0.05) is 44.0 Å². The Bertz CT molecular complexity index is 880. The Labute approximate surface area is 175 Å². The number of halogens is 1. The van der Waals surface area contributed by atoms with E-state index in [2.05, 4.69) is 5.32 Å². The summed E-state index contributed by atoms with van der Waals surface area (Å²) < 4.78 is 18.6. The van der Waals surface area contributed by atoms with E-state index in [0.717, 1.165) is 37.1 Å². The van der Waals surface area contributed by atoms with Crippen LogP contribution in [0.25, 0.3) is 0 Å². The molecule has 2 aromatic rings. The average Bonchev–Trinajstić information content (AvgIpc) is 3.29. The van der Waals surface area contributed by atoms with E-state index in [1.54, 1.807) is 46.2 Å². The standard InChI is InChI=1S/C23H26FN3O3/c24-19-8-4-17(5-9-19)16-26-12-2-13-27(23(26)29)20-10-6-18(7-11-20)22(28)25-15-21-3-1-14-30-21/h4-11,21H,1-3,12-16H2,(H,25,28). The molecule has 2 aliphatic heterocycles. The minimum absolute atomic E-state index is 0.0823. The molecule has 30 heavy (non-hydrogen) atoms. The molecule has 2 saturated heterocycles. The summed E-state index contributed by atoms with van der Waals surface area (Å²) in [6.07, 6.45) is 2.96. The van der Waals surface area contributed by atoms with Gasteiger partial charge in [0.1, 0.15) is 5.82 Å². The number of rotatable bonds is 6. The van der Waals surface area contributed by atoms with Crippen LogP contribution in [-0.2, 0) is 11.3 Å². The first-order valence-corrected chi connectivity index (χ1v) is 10.4. The third kappa shape index (κ3) is 4.79. The average molecular weight is 411 g/mol. The molecule has 0 radical (unpaired) electrons. The molecule has 2 aromatic carbocycles. The van der Waals surface area contributed by atoms with Gasteiger partial charge in [-0.15, -0.1) is 0 Å². The summed E-state index contributed by atoms with van der Waals surface area (Å²) in [6.45, 7) is 3.01. The van der Waals surface area contributed by atoms with Gasteiger partial charge in [0.2, 0.25) is 0 Å². The zero-order valence-electron chi connectivity index (χ0n) is 16.9. The van der Waals surface area contributed by atoms with Crippen LogP contribution in [0.15, 0.2) is 48.5 Å². The fraction of sp³-hybridized carbons (Fsp3) is 0.391. The largest absolute Gasteiger partial charge is 0.376 e. The molecule has 2 heterocycles. The smallest absolute Gasteiger partial charge is 0.324 e. The van der Waals surface area contributed by atoms with Crippen molar-refractivity contribution in [2.24, 2.45) is 0 Å². The molecule has 158 valence electrons. The van der Waals surface area contributed by atoms with Crippen molar-refractivity contribution in [2.45, 2.75) is 31.9 Å². The lowest BCUT2D eigenvalue weighted by atomic mass is 10.1. The monoisotopic (exact) mass is 411 g/mol. The van der Waals surface area contributed by atoms with E-state index in [9.17, 15) is 14.0 Å². The first-order chi connectivity index (χ1) is 14.6. The van der Waals surface area contributed by atoms with Crippen molar-refractivity contribution in [1.29, 1.82) is 0 Å². The number of amides is 3. The second-order valence-corrected chi connectivity index (χ2v) is 7.73. The molecule has 6 nitrogen and oxygen atoms in total. The predicted molar refractivity (Wildman–Crippen MR) is 112 cm³/mol. The molecule has 0 saturated carbocycles. The number of hydrogen-bond donors (Lipinski definition) is 1. The highest BCUT2D eigenvalue weighted by Crippen LogP contribution is 2.22. The van der Waals surface area contributed by atoms with Crippen molar-refractivity contribution in [3.8, 4) is 0 Å². The van der Waals surface area contributed by atoms with Crippen molar-refractivity contribution in [1.82, 2.24) is 10.2 Å². The Morgan fingerprint density at radius 2 is 1.83 bits per heavy atom. The van der Waals surface area contributed by atoms with E-state index in [4.69, 9.17) is 4.74 Å². The molecule has 0 spiro atoms. The summed E-state index contributed by atoms with van der Waals surface area (Å²) in [5.74, 6) is -0.426. The van der Waals surface area contributed by atoms with Crippen LogP contribution < -0.4 is 10.2 Å². The molecule has 7 heteroatoms. The summed E-state index contributed by atoms with van der Waals surface area (Å²) >= 11 is 0. The fourth-order valence-corrected chi connectivity index (χ4v) is 3.88. The van der Waals surface area contributed by atoms with Crippen molar-refractivity contribution in [3.63, 3.8) is 0 Å². The Morgan fingerprint density at radius 1 is 1.07 bits per heavy atom. The number of nitrogens with one attached hydrogen (secondary N) is 1. The first kappa shape index (κ1) is 20.3. The van der Waals surface area contributed by atoms with Crippen LogP contribution in [0.4, 0.5) is 14.9 Å². The van der Waals surface area contributed by atoms with E-state index in [-0.39, 0.29) is 23.9 Å². The van der Waals surface area contributed by atoms with Crippen molar-refractivity contribution >= 4 is 17.6 Å². The lowest BCUT2D eigenvalue weighted by Gasteiger charge is -2.35. The Kier molecular flexibility index (Phi) is 6.28. The number of benzene rings is 2. The molecule has 1 N–H and O–H groups in total. The van der Waals surface area contributed by atoms with Gasteiger partial charge in [-0.3, -0.25) is 9.69 Å². The SMILES string of the molecule is O=C(NCC1CCCO1)c1ccc(N2CCCN(Cc3ccc(F)cc3)C2=O)cc1. The topological polar surface area (TPSA) is 61.9 Å². The number of anilines is 1. The maximum absolute atomic E-state index is 13.1. The fourth-order valence-electron chi connectivity index (χ4n) is 3.88. The number of hydrogen-bond acceptors (Lipinski definition) is 3. The minimum Gasteiger partial charge on any atom is -0.376 e. The molecule has 2 fully saturated rings. The van der Waals surface area contributed by atoms with Crippen LogP contribution in [0.2, 0.25) is 0 Å². The molecular formula is C23H26FN3O3. The van der Waals surface area contributed by atoms with Gasteiger partial charge >= 0.3 is 6.03 Å². The summed E-state index contributed by atoms with van der Waals surface area (Å²) in [5, 5.41) is 2.91. The zero-order valence-corrected chi connectivity index (χ0v) is 16.9. The van der Waals surface area contributed by atoms with Gasteiger partial charge in [0.25, 0.3) is 5.91 Å². The van der Waals surface area contributed by atoms with Gasteiger partial charge in [-0.25, -0.2) is 9.18 Å². The number of carbonyl (C=O) groups excluding carboxylic acids is 2. The molecule has 0 aliphatic carbocycles. The van der Waals surface area contributed by atoms with E-state index >= 15 is 0 Å². The van der Waals surface area contributed by atoms with Gasteiger partial charge in [0.05, 0.1) is 6.10 Å². The van der Waals surface area contributed by atoms with E-state index < -0.39 is 0 Å². The number of carbonyl (C=O) groups is 2. The van der Waals surface area contributed by atoms with Crippen LogP contribution in [0.5, 0.6) is 0 Å². The van der Waals surface area contributed by atoms with Crippen LogP contribution >= 0.6 is 0 Å².